The fraction of sp³-hybridized carbons (Fsp3) is 0.400. The molecule has 1 fully saturated rings. The lowest BCUT2D eigenvalue weighted by molar-refractivity contribution is 0.471. The first-order chi connectivity index (χ1) is 6.27. The Labute approximate surface area is 98.3 Å². The third-order valence-corrected chi connectivity index (χ3v) is 3.07. The maximum absolute atomic E-state index is 9.32. The summed E-state index contributed by atoms with van der Waals surface area (Å²) in [6, 6.07) is 6.16. The first-order valence-corrected chi connectivity index (χ1v) is 5.28. The zero-order valence-electron chi connectivity index (χ0n) is 7.66. The standard InChI is InChI=1S/C10H12BrNO.ClH/c11-8-6-7(3-4-10(8)13)9-2-1-5-12-9;/h3-4,6,9,12-13H,1-2,5H2;1H/t9-;/m1./s1. The quantitative estimate of drug-likeness (QED) is 0.828. The van der Waals surface area contributed by atoms with Crippen molar-refractivity contribution in [1.82, 2.24) is 5.32 Å². The number of phenols is 1. The smallest absolute Gasteiger partial charge is 0.129 e. The summed E-state index contributed by atoms with van der Waals surface area (Å²) in [4.78, 5) is 0. The highest BCUT2D eigenvalue weighted by atomic mass is 79.9. The van der Waals surface area contributed by atoms with Crippen molar-refractivity contribution in [2.45, 2.75) is 18.9 Å². The van der Waals surface area contributed by atoms with Crippen LogP contribution in [0.5, 0.6) is 5.75 Å². The molecule has 1 aromatic carbocycles. The highest BCUT2D eigenvalue weighted by molar-refractivity contribution is 9.10. The maximum atomic E-state index is 9.32. The normalized spacial score (nSPS) is 20.5. The number of phenolic OH excluding ortho intramolecular Hbond substituents is 1. The van der Waals surface area contributed by atoms with Crippen LogP contribution in [0.4, 0.5) is 0 Å². The fourth-order valence-corrected chi connectivity index (χ4v) is 2.11. The summed E-state index contributed by atoms with van der Waals surface area (Å²) in [5.41, 5.74) is 1.25. The van der Waals surface area contributed by atoms with Gasteiger partial charge in [-0.15, -0.1) is 12.4 Å². The molecular weight excluding hydrogens is 265 g/mol. The molecule has 0 amide bonds. The Kier molecular flexibility index (Phi) is 4.23. The highest BCUT2D eigenvalue weighted by Gasteiger charge is 2.16. The second-order valence-corrected chi connectivity index (χ2v) is 4.21. The lowest BCUT2D eigenvalue weighted by Gasteiger charge is -2.10. The highest BCUT2D eigenvalue weighted by Crippen LogP contribution is 2.30. The first-order valence-electron chi connectivity index (χ1n) is 4.49. The van der Waals surface area contributed by atoms with Gasteiger partial charge in [0, 0.05) is 6.04 Å². The van der Waals surface area contributed by atoms with Gasteiger partial charge in [0.15, 0.2) is 0 Å². The molecule has 0 spiro atoms. The molecule has 1 heterocycles. The van der Waals surface area contributed by atoms with Crippen molar-refractivity contribution in [2.24, 2.45) is 0 Å². The molecule has 4 heteroatoms. The molecule has 1 aliphatic rings. The predicted molar refractivity (Wildman–Crippen MR) is 63.0 cm³/mol. The summed E-state index contributed by atoms with van der Waals surface area (Å²) in [6.45, 7) is 1.10. The van der Waals surface area contributed by atoms with Gasteiger partial charge in [-0.05, 0) is 53.0 Å². The minimum atomic E-state index is 0. The first kappa shape index (κ1) is 11.8. The lowest BCUT2D eigenvalue weighted by atomic mass is 10.1. The van der Waals surface area contributed by atoms with E-state index in [0.717, 1.165) is 11.0 Å². The van der Waals surface area contributed by atoms with Crippen molar-refractivity contribution in [2.75, 3.05) is 6.54 Å². The van der Waals surface area contributed by atoms with E-state index >= 15 is 0 Å². The molecule has 0 bridgehead atoms. The molecular formula is C10H13BrClNO. The molecule has 1 aliphatic heterocycles. The molecule has 2 nitrogen and oxygen atoms in total. The van der Waals surface area contributed by atoms with E-state index in [-0.39, 0.29) is 12.4 Å². The minimum absolute atomic E-state index is 0. The SMILES string of the molecule is Cl.Oc1ccc([C@H]2CCCN2)cc1Br. The number of hydrogen-bond acceptors (Lipinski definition) is 2. The van der Waals surface area contributed by atoms with Crippen LogP contribution >= 0.6 is 28.3 Å². The lowest BCUT2D eigenvalue weighted by Crippen LogP contribution is -2.12. The molecule has 1 atom stereocenters. The maximum Gasteiger partial charge on any atom is 0.129 e. The number of halogens is 2. The Morgan fingerprint density at radius 2 is 2.21 bits per heavy atom. The van der Waals surface area contributed by atoms with Crippen LogP contribution < -0.4 is 5.32 Å². The zero-order chi connectivity index (χ0) is 9.26. The van der Waals surface area contributed by atoms with Crippen LogP contribution in [0, 0.1) is 0 Å². The minimum Gasteiger partial charge on any atom is -0.507 e. The summed E-state index contributed by atoms with van der Waals surface area (Å²) in [5.74, 6) is 0.307. The second-order valence-electron chi connectivity index (χ2n) is 3.36. The largest absolute Gasteiger partial charge is 0.507 e. The van der Waals surface area contributed by atoms with Gasteiger partial charge >= 0.3 is 0 Å². The summed E-state index contributed by atoms with van der Waals surface area (Å²) >= 11 is 3.32. The number of nitrogens with one attached hydrogen (secondary N) is 1. The van der Waals surface area contributed by atoms with E-state index < -0.39 is 0 Å². The van der Waals surface area contributed by atoms with Gasteiger partial charge in [0.1, 0.15) is 5.75 Å². The average molecular weight is 279 g/mol. The topological polar surface area (TPSA) is 32.3 Å². The van der Waals surface area contributed by atoms with E-state index in [1.54, 1.807) is 6.07 Å². The molecule has 14 heavy (non-hydrogen) atoms. The number of aromatic hydroxyl groups is 1. The molecule has 0 radical (unpaired) electrons. The van der Waals surface area contributed by atoms with Crippen LogP contribution in [-0.2, 0) is 0 Å². The Morgan fingerprint density at radius 3 is 2.79 bits per heavy atom. The molecule has 0 aromatic heterocycles. The van der Waals surface area contributed by atoms with Crippen molar-refractivity contribution in [3.8, 4) is 5.75 Å². The van der Waals surface area contributed by atoms with Crippen molar-refractivity contribution < 1.29 is 5.11 Å². The molecule has 78 valence electrons. The van der Waals surface area contributed by atoms with Crippen LogP contribution in [0.1, 0.15) is 24.4 Å². The van der Waals surface area contributed by atoms with E-state index in [0.29, 0.717) is 11.8 Å². The van der Waals surface area contributed by atoms with Crippen LogP contribution in [0.2, 0.25) is 0 Å². The van der Waals surface area contributed by atoms with E-state index in [9.17, 15) is 5.11 Å². The van der Waals surface area contributed by atoms with Gasteiger partial charge in [-0.2, -0.15) is 0 Å². The van der Waals surface area contributed by atoms with Gasteiger partial charge in [-0.1, -0.05) is 6.07 Å². The number of hydrogen-bond donors (Lipinski definition) is 2. The molecule has 0 saturated carbocycles. The van der Waals surface area contributed by atoms with Crippen molar-refractivity contribution >= 4 is 28.3 Å². The van der Waals surface area contributed by atoms with Crippen molar-refractivity contribution in [3.63, 3.8) is 0 Å². The summed E-state index contributed by atoms with van der Waals surface area (Å²) in [5, 5.41) is 12.7. The van der Waals surface area contributed by atoms with Crippen LogP contribution in [-0.4, -0.2) is 11.7 Å². The van der Waals surface area contributed by atoms with Crippen LogP contribution in [0.15, 0.2) is 22.7 Å². The Morgan fingerprint density at radius 1 is 1.43 bits per heavy atom. The van der Waals surface area contributed by atoms with Gasteiger partial charge in [0.25, 0.3) is 0 Å². The van der Waals surface area contributed by atoms with Gasteiger partial charge in [0.2, 0.25) is 0 Å². The summed E-state index contributed by atoms with van der Waals surface area (Å²) in [6.07, 6.45) is 2.43. The number of rotatable bonds is 1. The Hall–Kier alpha value is -0.250. The summed E-state index contributed by atoms with van der Waals surface area (Å²) in [7, 11) is 0. The molecule has 0 aliphatic carbocycles. The molecule has 0 unspecified atom stereocenters. The second kappa shape index (κ2) is 5.01. The van der Waals surface area contributed by atoms with E-state index in [1.165, 1.54) is 18.4 Å². The molecule has 2 rings (SSSR count). The third kappa shape index (κ3) is 2.41. The van der Waals surface area contributed by atoms with E-state index in [4.69, 9.17) is 0 Å². The molecule has 1 saturated heterocycles. The third-order valence-electron chi connectivity index (χ3n) is 2.43. The van der Waals surface area contributed by atoms with Gasteiger partial charge in [-0.3, -0.25) is 0 Å². The molecule has 1 aromatic rings. The van der Waals surface area contributed by atoms with Crippen molar-refractivity contribution in [3.05, 3.63) is 28.2 Å². The monoisotopic (exact) mass is 277 g/mol. The van der Waals surface area contributed by atoms with Crippen LogP contribution in [0.25, 0.3) is 0 Å². The fourth-order valence-electron chi connectivity index (χ4n) is 1.71. The van der Waals surface area contributed by atoms with Gasteiger partial charge < -0.3 is 10.4 Å². The Bertz CT molecular complexity index is 313. The zero-order valence-corrected chi connectivity index (χ0v) is 10.1. The predicted octanol–water partition coefficient (Wildman–Crippen LogP) is 3.00. The number of benzene rings is 1. The van der Waals surface area contributed by atoms with Crippen LogP contribution in [0.3, 0.4) is 0 Å². The molecule has 2 N–H and O–H groups in total. The van der Waals surface area contributed by atoms with Crippen molar-refractivity contribution in [1.29, 1.82) is 0 Å². The summed E-state index contributed by atoms with van der Waals surface area (Å²) < 4.78 is 0.777. The van der Waals surface area contributed by atoms with E-state index in [2.05, 4.69) is 21.2 Å². The van der Waals surface area contributed by atoms with E-state index in [1.807, 2.05) is 12.1 Å². The van der Waals surface area contributed by atoms with Gasteiger partial charge in [0.05, 0.1) is 4.47 Å². The average Bonchev–Trinajstić information content (AvgIpc) is 2.62. The Balaban J connectivity index is 0.000000980. The van der Waals surface area contributed by atoms with Gasteiger partial charge in [-0.25, -0.2) is 0 Å².